The highest BCUT2D eigenvalue weighted by Crippen LogP contribution is 2.44. The molecule has 7 nitrogen and oxygen atoms in total. The maximum Gasteiger partial charge on any atom is 0.251 e. The van der Waals surface area contributed by atoms with E-state index < -0.39 is 21.2 Å². The summed E-state index contributed by atoms with van der Waals surface area (Å²) < 4.78 is 49.4. The summed E-state index contributed by atoms with van der Waals surface area (Å²) in [5.41, 5.74) is 4.15. The number of anilines is 2. The zero-order valence-corrected chi connectivity index (χ0v) is 22.6. The van der Waals surface area contributed by atoms with Gasteiger partial charge in [0.25, 0.3) is 5.91 Å². The number of aryl methyl sites for hydroxylation is 1. The molecule has 0 fully saturated rings. The molecule has 0 aliphatic carbocycles. The van der Waals surface area contributed by atoms with Crippen LogP contribution in [0.5, 0.6) is 11.5 Å². The maximum absolute atomic E-state index is 13.9. The monoisotopic (exact) mass is 526 g/mol. The van der Waals surface area contributed by atoms with Crippen molar-refractivity contribution in [3.63, 3.8) is 0 Å². The third-order valence-corrected chi connectivity index (χ3v) is 7.27. The molecule has 0 bridgehead atoms. The molecule has 1 heterocycles. The molecule has 1 aliphatic heterocycles. The first-order valence-corrected chi connectivity index (χ1v) is 13.8. The van der Waals surface area contributed by atoms with Gasteiger partial charge in [0.1, 0.15) is 29.5 Å². The van der Waals surface area contributed by atoms with Crippen LogP contribution in [0.15, 0.2) is 48.5 Å². The molecule has 1 N–H and O–H groups in total. The highest BCUT2D eigenvalue weighted by molar-refractivity contribution is 7.89. The van der Waals surface area contributed by atoms with E-state index in [1.807, 2.05) is 32.9 Å². The van der Waals surface area contributed by atoms with Crippen LogP contribution in [-0.2, 0) is 27.0 Å². The van der Waals surface area contributed by atoms with Crippen LogP contribution in [0.1, 0.15) is 30.5 Å². The van der Waals surface area contributed by atoms with Crippen molar-refractivity contribution in [2.75, 3.05) is 30.6 Å². The van der Waals surface area contributed by atoms with E-state index >= 15 is 0 Å². The fourth-order valence-corrected chi connectivity index (χ4v) is 5.44. The van der Waals surface area contributed by atoms with Gasteiger partial charge >= 0.3 is 0 Å². The van der Waals surface area contributed by atoms with Crippen molar-refractivity contribution < 1.29 is 27.1 Å². The highest BCUT2D eigenvalue weighted by atomic mass is 32.2. The lowest BCUT2D eigenvalue weighted by Gasteiger charge is -2.39. The van der Waals surface area contributed by atoms with Crippen LogP contribution in [-0.4, -0.2) is 40.3 Å². The van der Waals surface area contributed by atoms with E-state index in [4.69, 9.17) is 9.47 Å². The van der Waals surface area contributed by atoms with Crippen molar-refractivity contribution >= 4 is 27.1 Å². The number of fused-ring (bicyclic) bond motifs is 1. The molecular formula is C28H31FN2O5S. The number of carbonyl (C=O) groups is 1. The van der Waals surface area contributed by atoms with Gasteiger partial charge < -0.3 is 19.7 Å². The molecule has 0 atom stereocenters. The van der Waals surface area contributed by atoms with E-state index in [2.05, 4.69) is 5.32 Å². The van der Waals surface area contributed by atoms with E-state index in [-0.39, 0.29) is 18.3 Å². The summed E-state index contributed by atoms with van der Waals surface area (Å²) in [4.78, 5) is 14.8. The first kappa shape index (κ1) is 26.5. The van der Waals surface area contributed by atoms with Gasteiger partial charge in [0, 0.05) is 30.5 Å². The van der Waals surface area contributed by atoms with Gasteiger partial charge in [-0.3, -0.25) is 4.79 Å². The lowest BCUT2D eigenvalue weighted by atomic mass is 9.91. The number of nitrogens with one attached hydrogen (secondary N) is 1. The van der Waals surface area contributed by atoms with Crippen molar-refractivity contribution in [3.05, 3.63) is 71.0 Å². The Kier molecular flexibility index (Phi) is 6.94. The normalized spacial score (nSPS) is 14.7. The number of hydrogen-bond donors (Lipinski definition) is 1. The van der Waals surface area contributed by atoms with Gasteiger partial charge in [-0.25, -0.2) is 12.8 Å². The largest absolute Gasteiger partial charge is 0.496 e. The molecule has 9 heteroatoms. The van der Waals surface area contributed by atoms with Crippen molar-refractivity contribution in [1.29, 1.82) is 0 Å². The van der Waals surface area contributed by atoms with Gasteiger partial charge in [0.05, 0.1) is 24.2 Å². The van der Waals surface area contributed by atoms with Crippen molar-refractivity contribution in [2.45, 2.75) is 38.7 Å². The lowest BCUT2D eigenvalue weighted by Crippen LogP contribution is -2.52. The second-order valence-electron chi connectivity index (χ2n) is 9.91. The number of methoxy groups -OCH3 is 1. The minimum Gasteiger partial charge on any atom is -0.496 e. The van der Waals surface area contributed by atoms with Crippen LogP contribution in [0.2, 0.25) is 0 Å². The summed E-state index contributed by atoms with van der Waals surface area (Å²) in [6.07, 6.45) is 1.18. The first-order valence-electron chi connectivity index (χ1n) is 11.8. The summed E-state index contributed by atoms with van der Waals surface area (Å²) >= 11 is 0. The molecule has 4 rings (SSSR count). The van der Waals surface area contributed by atoms with E-state index in [1.165, 1.54) is 25.5 Å². The zero-order valence-electron chi connectivity index (χ0n) is 21.8. The first-order chi connectivity index (χ1) is 17.3. The minimum absolute atomic E-state index is 0.0524. The number of rotatable bonds is 7. The third kappa shape index (κ3) is 5.41. The quantitative estimate of drug-likeness (QED) is 0.461. The van der Waals surface area contributed by atoms with E-state index in [0.717, 1.165) is 16.8 Å². The number of nitrogens with zero attached hydrogens (tertiary/aromatic N) is 1. The second-order valence-corrected chi connectivity index (χ2v) is 12.0. The van der Waals surface area contributed by atoms with Gasteiger partial charge in [0.2, 0.25) is 0 Å². The smallest absolute Gasteiger partial charge is 0.251 e. The number of likely N-dealkylation sites (N-methyl/N-ethyl adjacent to an activating group) is 1. The molecule has 0 unspecified atom stereocenters. The van der Waals surface area contributed by atoms with Crippen LogP contribution in [0.3, 0.4) is 0 Å². The van der Waals surface area contributed by atoms with Crippen LogP contribution in [0, 0.1) is 12.7 Å². The predicted molar refractivity (Wildman–Crippen MR) is 144 cm³/mol. The Bertz CT molecular complexity index is 1480. The maximum atomic E-state index is 13.9. The van der Waals surface area contributed by atoms with E-state index in [0.29, 0.717) is 33.9 Å². The van der Waals surface area contributed by atoms with Gasteiger partial charge in [0.15, 0.2) is 9.84 Å². The predicted octanol–water partition coefficient (Wildman–Crippen LogP) is 5.10. The van der Waals surface area contributed by atoms with Gasteiger partial charge in [-0.05, 0) is 55.7 Å². The third-order valence-electron chi connectivity index (χ3n) is 6.41. The Labute approximate surface area is 217 Å². The molecule has 1 aliphatic rings. The molecular weight excluding hydrogens is 495 g/mol. The number of sulfone groups is 1. The lowest BCUT2D eigenvalue weighted by molar-refractivity contribution is -0.121. The van der Waals surface area contributed by atoms with Crippen LogP contribution < -0.4 is 19.7 Å². The number of ether oxygens (including phenoxy) is 2. The SMILES string of the molecule is COc1cc(CS(C)(=O)=O)ccc1-c1ccc2c(c1COc1cc(F)ccc1C)N(C)C(=O)C(C)(C)N2. The van der Waals surface area contributed by atoms with Crippen molar-refractivity contribution in [2.24, 2.45) is 0 Å². The number of amides is 1. The topological polar surface area (TPSA) is 84.9 Å². The van der Waals surface area contributed by atoms with Crippen molar-refractivity contribution in [1.82, 2.24) is 0 Å². The average molecular weight is 527 g/mol. The standard InChI is InChI=1S/C28H31FN2O5S/c1-17-7-9-19(29)14-24(17)36-15-22-20(11-12-23-26(22)31(4)27(32)28(2,3)30-23)21-10-8-18(13-25(21)35-5)16-37(6,33)34/h7-14,30H,15-16H2,1-6H3. The number of benzene rings is 3. The molecule has 3 aromatic rings. The van der Waals surface area contributed by atoms with E-state index in [9.17, 15) is 17.6 Å². The molecule has 0 saturated carbocycles. The van der Waals surface area contributed by atoms with Gasteiger partial charge in [-0.15, -0.1) is 0 Å². The zero-order chi connectivity index (χ0) is 27.1. The molecule has 0 radical (unpaired) electrons. The summed E-state index contributed by atoms with van der Waals surface area (Å²) in [6, 6.07) is 13.4. The Morgan fingerprint density at radius 1 is 1.03 bits per heavy atom. The highest BCUT2D eigenvalue weighted by Gasteiger charge is 2.38. The summed E-state index contributed by atoms with van der Waals surface area (Å²) in [6.45, 7) is 5.52. The minimum atomic E-state index is -3.23. The molecule has 0 spiro atoms. The molecule has 37 heavy (non-hydrogen) atoms. The fraction of sp³-hybridized carbons (Fsp3) is 0.321. The molecule has 0 aromatic heterocycles. The Morgan fingerprint density at radius 2 is 1.73 bits per heavy atom. The molecule has 3 aromatic carbocycles. The number of carbonyl (C=O) groups excluding carboxylic acids is 1. The fourth-order valence-electron chi connectivity index (χ4n) is 4.66. The molecule has 1 amide bonds. The van der Waals surface area contributed by atoms with Gasteiger partial charge in [-0.2, -0.15) is 0 Å². The number of halogens is 1. The Balaban J connectivity index is 1.88. The Hall–Kier alpha value is -3.59. The molecule has 0 saturated heterocycles. The number of hydrogen-bond acceptors (Lipinski definition) is 6. The van der Waals surface area contributed by atoms with Crippen LogP contribution >= 0.6 is 0 Å². The molecule has 196 valence electrons. The average Bonchev–Trinajstić information content (AvgIpc) is 2.81. The van der Waals surface area contributed by atoms with Crippen LogP contribution in [0.25, 0.3) is 11.1 Å². The summed E-state index contributed by atoms with van der Waals surface area (Å²) in [5, 5.41) is 3.31. The van der Waals surface area contributed by atoms with E-state index in [1.54, 1.807) is 36.2 Å². The van der Waals surface area contributed by atoms with Crippen LogP contribution in [0.4, 0.5) is 15.8 Å². The van der Waals surface area contributed by atoms with Gasteiger partial charge in [-0.1, -0.05) is 24.3 Å². The summed E-state index contributed by atoms with van der Waals surface area (Å²) in [7, 11) is 0.0106. The van der Waals surface area contributed by atoms with Crippen molar-refractivity contribution in [3.8, 4) is 22.6 Å². The Morgan fingerprint density at radius 3 is 2.41 bits per heavy atom. The summed E-state index contributed by atoms with van der Waals surface area (Å²) in [5.74, 6) is 0.254. The second kappa shape index (κ2) is 9.70.